The maximum atomic E-state index is 4.38. The lowest BCUT2D eigenvalue weighted by Crippen LogP contribution is -2.33. The summed E-state index contributed by atoms with van der Waals surface area (Å²) in [6.07, 6.45) is 4.80. The van der Waals surface area contributed by atoms with Gasteiger partial charge in [0.2, 0.25) is 0 Å². The van der Waals surface area contributed by atoms with Gasteiger partial charge < -0.3 is 4.90 Å². The first kappa shape index (κ1) is 11.0. The number of rotatable bonds is 4. The largest absolute Gasteiger partial charge is 0.353 e. The Morgan fingerprint density at radius 3 is 2.43 bits per heavy atom. The van der Waals surface area contributed by atoms with E-state index in [9.17, 15) is 0 Å². The average Bonchev–Trinajstić information content (AvgIpc) is 2.21. The third-order valence-electron chi connectivity index (χ3n) is 2.53. The Labute approximate surface area is 86.2 Å². The maximum Gasteiger partial charge on any atom is 0.147 e. The first-order valence-corrected chi connectivity index (χ1v) is 5.24. The Morgan fingerprint density at radius 1 is 1.29 bits per heavy atom. The van der Waals surface area contributed by atoms with Crippen LogP contribution in [0.5, 0.6) is 0 Å². The van der Waals surface area contributed by atoms with Crippen LogP contribution in [-0.2, 0) is 0 Å². The van der Waals surface area contributed by atoms with E-state index in [-0.39, 0.29) is 0 Å². The van der Waals surface area contributed by atoms with Gasteiger partial charge in [0.25, 0.3) is 0 Å². The monoisotopic (exact) mass is 193 g/mol. The van der Waals surface area contributed by atoms with Crippen LogP contribution in [0.25, 0.3) is 0 Å². The molecule has 0 radical (unpaired) electrons. The molecule has 0 spiro atoms. The van der Waals surface area contributed by atoms with E-state index < -0.39 is 0 Å². The maximum absolute atomic E-state index is 4.38. The van der Waals surface area contributed by atoms with Gasteiger partial charge in [-0.1, -0.05) is 6.92 Å². The SMILES string of the molecule is CCC(C)N(CC)c1cnc(C)cn1. The van der Waals surface area contributed by atoms with Crippen molar-refractivity contribution in [2.75, 3.05) is 11.4 Å². The molecule has 0 saturated carbocycles. The van der Waals surface area contributed by atoms with E-state index in [2.05, 4.69) is 35.6 Å². The summed E-state index contributed by atoms with van der Waals surface area (Å²) >= 11 is 0. The van der Waals surface area contributed by atoms with E-state index in [1.165, 1.54) is 0 Å². The van der Waals surface area contributed by atoms with Crippen LogP contribution in [-0.4, -0.2) is 22.6 Å². The lowest BCUT2D eigenvalue weighted by atomic mass is 10.2. The summed E-state index contributed by atoms with van der Waals surface area (Å²) in [7, 11) is 0. The molecule has 0 fully saturated rings. The van der Waals surface area contributed by atoms with E-state index in [0.717, 1.165) is 24.5 Å². The number of hydrogen-bond donors (Lipinski definition) is 0. The lowest BCUT2D eigenvalue weighted by Gasteiger charge is -2.27. The Hall–Kier alpha value is -1.12. The zero-order valence-corrected chi connectivity index (χ0v) is 9.49. The van der Waals surface area contributed by atoms with Crippen LogP contribution >= 0.6 is 0 Å². The van der Waals surface area contributed by atoms with Crippen molar-refractivity contribution in [3.8, 4) is 0 Å². The highest BCUT2D eigenvalue weighted by molar-refractivity contribution is 5.36. The standard InChI is InChI=1S/C11H19N3/c1-5-10(4)14(6-2)11-8-12-9(3)7-13-11/h7-8,10H,5-6H2,1-4H3. The van der Waals surface area contributed by atoms with E-state index in [1.54, 1.807) is 0 Å². The molecule has 1 aromatic heterocycles. The van der Waals surface area contributed by atoms with Crippen LogP contribution in [0.15, 0.2) is 12.4 Å². The van der Waals surface area contributed by atoms with Crippen LogP contribution in [0.2, 0.25) is 0 Å². The highest BCUT2D eigenvalue weighted by Crippen LogP contribution is 2.13. The molecule has 1 aromatic rings. The summed E-state index contributed by atoms with van der Waals surface area (Å²) in [4.78, 5) is 10.9. The van der Waals surface area contributed by atoms with Gasteiger partial charge in [0.1, 0.15) is 5.82 Å². The molecule has 3 heteroatoms. The Bertz CT molecular complexity index is 268. The smallest absolute Gasteiger partial charge is 0.147 e. The molecule has 0 aliphatic carbocycles. The van der Waals surface area contributed by atoms with Crippen molar-refractivity contribution in [3.63, 3.8) is 0 Å². The molecule has 14 heavy (non-hydrogen) atoms. The van der Waals surface area contributed by atoms with Gasteiger partial charge in [-0.25, -0.2) is 4.98 Å². The van der Waals surface area contributed by atoms with Crippen molar-refractivity contribution in [2.45, 2.75) is 40.2 Å². The second-order valence-corrected chi connectivity index (χ2v) is 3.56. The second kappa shape index (κ2) is 4.94. The summed E-state index contributed by atoms with van der Waals surface area (Å²) in [6.45, 7) is 9.48. The minimum atomic E-state index is 0.525. The zero-order valence-electron chi connectivity index (χ0n) is 9.49. The molecule has 0 N–H and O–H groups in total. The number of aryl methyl sites for hydroxylation is 1. The molecule has 0 amide bonds. The van der Waals surface area contributed by atoms with Crippen molar-refractivity contribution in [1.82, 2.24) is 9.97 Å². The Kier molecular flexibility index (Phi) is 3.86. The highest BCUT2D eigenvalue weighted by Gasteiger charge is 2.11. The van der Waals surface area contributed by atoms with Gasteiger partial charge in [-0.2, -0.15) is 0 Å². The molecule has 78 valence electrons. The topological polar surface area (TPSA) is 29.0 Å². The van der Waals surface area contributed by atoms with E-state index in [0.29, 0.717) is 6.04 Å². The van der Waals surface area contributed by atoms with Crippen molar-refractivity contribution in [3.05, 3.63) is 18.1 Å². The predicted molar refractivity (Wildman–Crippen MR) is 59.5 cm³/mol. The fourth-order valence-corrected chi connectivity index (χ4v) is 1.45. The fraction of sp³-hybridized carbons (Fsp3) is 0.636. The van der Waals surface area contributed by atoms with E-state index in [4.69, 9.17) is 0 Å². The van der Waals surface area contributed by atoms with Gasteiger partial charge in [-0.3, -0.25) is 4.98 Å². The summed E-state index contributed by atoms with van der Waals surface area (Å²) in [6, 6.07) is 0.525. The molecule has 3 nitrogen and oxygen atoms in total. The van der Waals surface area contributed by atoms with Crippen LogP contribution in [0, 0.1) is 6.92 Å². The van der Waals surface area contributed by atoms with Crippen LogP contribution in [0.4, 0.5) is 5.82 Å². The molecule has 0 bridgehead atoms. The van der Waals surface area contributed by atoms with E-state index >= 15 is 0 Å². The molecule has 0 aromatic carbocycles. The molecular formula is C11H19N3. The van der Waals surface area contributed by atoms with Gasteiger partial charge in [0, 0.05) is 12.6 Å². The molecule has 0 saturated heterocycles. The predicted octanol–water partition coefficient (Wildman–Crippen LogP) is 2.41. The first-order valence-electron chi connectivity index (χ1n) is 5.24. The quantitative estimate of drug-likeness (QED) is 0.735. The zero-order chi connectivity index (χ0) is 10.6. The molecule has 1 rings (SSSR count). The molecule has 0 aliphatic heterocycles. The van der Waals surface area contributed by atoms with Crippen molar-refractivity contribution in [2.24, 2.45) is 0 Å². The van der Waals surface area contributed by atoms with Crippen LogP contribution in [0.1, 0.15) is 32.9 Å². The van der Waals surface area contributed by atoms with Crippen molar-refractivity contribution < 1.29 is 0 Å². The average molecular weight is 193 g/mol. The number of aromatic nitrogens is 2. The minimum Gasteiger partial charge on any atom is -0.353 e. The normalized spacial score (nSPS) is 12.6. The van der Waals surface area contributed by atoms with Gasteiger partial charge >= 0.3 is 0 Å². The summed E-state index contributed by atoms with van der Waals surface area (Å²) in [5, 5.41) is 0. The van der Waals surface area contributed by atoms with Gasteiger partial charge in [-0.05, 0) is 27.2 Å². The number of anilines is 1. The molecule has 0 aliphatic rings. The van der Waals surface area contributed by atoms with Gasteiger partial charge in [0.05, 0.1) is 18.1 Å². The highest BCUT2D eigenvalue weighted by atomic mass is 15.2. The van der Waals surface area contributed by atoms with Crippen LogP contribution < -0.4 is 4.90 Å². The van der Waals surface area contributed by atoms with Gasteiger partial charge in [-0.15, -0.1) is 0 Å². The lowest BCUT2D eigenvalue weighted by molar-refractivity contribution is 0.621. The summed E-state index contributed by atoms with van der Waals surface area (Å²) < 4.78 is 0. The first-order chi connectivity index (χ1) is 6.69. The fourth-order valence-electron chi connectivity index (χ4n) is 1.45. The minimum absolute atomic E-state index is 0.525. The third-order valence-corrected chi connectivity index (χ3v) is 2.53. The Morgan fingerprint density at radius 2 is 2.00 bits per heavy atom. The second-order valence-electron chi connectivity index (χ2n) is 3.56. The van der Waals surface area contributed by atoms with Crippen molar-refractivity contribution >= 4 is 5.82 Å². The molecular weight excluding hydrogens is 174 g/mol. The van der Waals surface area contributed by atoms with E-state index in [1.807, 2.05) is 19.3 Å². The molecule has 1 atom stereocenters. The Balaban J connectivity index is 2.84. The molecule has 1 unspecified atom stereocenters. The summed E-state index contributed by atoms with van der Waals surface area (Å²) in [5.41, 5.74) is 0.967. The third kappa shape index (κ3) is 2.44. The van der Waals surface area contributed by atoms with Gasteiger partial charge in [0.15, 0.2) is 0 Å². The van der Waals surface area contributed by atoms with Crippen LogP contribution in [0.3, 0.4) is 0 Å². The number of hydrogen-bond acceptors (Lipinski definition) is 3. The summed E-state index contributed by atoms with van der Waals surface area (Å²) in [5.74, 6) is 0.979. The molecule has 1 heterocycles. The number of nitrogens with zero attached hydrogens (tertiary/aromatic N) is 3. The van der Waals surface area contributed by atoms with Crippen molar-refractivity contribution in [1.29, 1.82) is 0 Å².